The summed E-state index contributed by atoms with van der Waals surface area (Å²) in [4.78, 5) is 13.4. The molecule has 0 fully saturated rings. The number of amides is 1. The fourth-order valence-electron chi connectivity index (χ4n) is 2.23. The smallest absolute Gasteiger partial charge is 0.257 e. The number of anilines is 1. The number of carbonyl (C=O) groups is 1. The van der Waals surface area contributed by atoms with Gasteiger partial charge in [-0.3, -0.25) is 10.1 Å². The molecule has 24 heavy (non-hydrogen) atoms. The Morgan fingerprint density at radius 1 is 1.00 bits per heavy atom. The van der Waals surface area contributed by atoms with Crippen LogP contribution in [0.2, 0.25) is 0 Å². The zero-order chi connectivity index (χ0) is 16.4. The maximum absolute atomic E-state index is 12.3. The lowest BCUT2D eigenvalue weighted by Crippen LogP contribution is -2.11. The van der Waals surface area contributed by atoms with Crippen molar-refractivity contribution >= 4 is 33.7 Å². The third kappa shape index (κ3) is 2.99. The van der Waals surface area contributed by atoms with E-state index in [1.54, 1.807) is 23.5 Å². The van der Waals surface area contributed by atoms with Crippen LogP contribution < -0.4 is 5.32 Å². The molecule has 118 valence electrons. The number of rotatable bonds is 4. The Kier molecular flexibility index (Phi) is 3.94. The normalized spacial score (nSPS) is 10.7. The minimum absolute atomic E-state index is 0.192. The Hall–Kier alpha value is -2.77. The lowest BCUT2D eigenvalue weighted by molar-refractivity contribution is 0.102. The molecular weight excluding hydrogens is 340 g/mol. The van der Waals surface area contributed by atoms with E-state index in [0.29, 0.717) is 10.7 Å². The molecule has 0 spiro atoms. The molecule has 0 saturated carbocycles. The zero-order valence-corrected chi connectivity index (χ0v) is 14.1. The van der Waals surface area contributed by atoms with Crippen LogP contribution in [0, 0.1) is 0 Å². The predicted octanol–water partition coefficient (Wildman–Crippen LogP) is 4.31. The van der Waals surface area contributed by atoms with Gasteiger partial charge < -0.3 is 4.57 Å². The molecular formula is C17H12N4OS2. The van der Waals surface area contributed by atoms with E-state index < -0.39 is 0 Å². The van der Waals surface area contributed by atoms with Crippen LogP contribution in [0.4, 0.5) is 5.13 Å². The summed E-state index contributed by atoms with van der Waals surface area (Å²) >= 11 is 2.96. The summed E-state index contributed by atoms with van der Waals surface area (Å²) in [6.07, 6.45) is 3.92. The summed E-state index contributed by atoms with van der Waals surface area (Å²) < 4.78 is 1.99. The van der Waals surface area contributed by atoms with E-state index in [1.807, 2.05) is 58.7 Å². The van der Waals surface area contributed by atoms with Gasteiger partial charge >= 0.3 is 0 Å². The summed E-state index contributed by atoms with van der Waals surface area (Å²) in [5.41, 5.74) is 1.59. The number of nitrogens with zero attached hydrogens (tertiary/aromatic N) is 3. The van der Waals surface area contributed by atoms with Crippen LogP contribution in [0.3, 0.4) is 0 Å². The molecule has 5 nitrogen and oxygen atoms in total. The topological polar surface area (TPSA) is 59.8 Å². The number of thiophene rings is 1. The first-order valence-electron chi connectivity index (χ1n) is 7.22. The van der Waals surface area contributed by atoms with Crippen LogP contribution in [-0.2, 0) is 0 Å². The Balaban J connectivity index is 1.48. The van der Waals surface area contributed by atoms with Crippen molar-refractivity contribution in [3.8, 4) is 15.6 Å². The Bertz CT molecular complexity index is 941. The number of benzene rings is 1. The van der Waals surface area contributed by atoms with E-state index in [0.717, 1.165) is 15.6 Å². The molecule has 0 aliphatic carbocycles. The molecule has 0 aliphatic rings. The van der Waals surface area contributed by atoms with Crippen molar-refractivity contribution in [3.63, 3.8) is 0 Å². The largest absolute Gasteiger partial charge is 0.324 e. The molecule has 1 aromatic carbocycles. The predicted molar refractivity (Wildman–Crippen MR) is 96.9 cm³/mol. The average Bonchev–Trinajstić information content (AvgIpc) is 3.36. The van der Waals surface area contributed by atoms with Gasteiger partial charge in [0.15, 0.2) is 5.01 Å². The van der Waals surface area contributed by atoms with Crippen LogP contribution in [0.5, 0.6) is 0 Å². The second kappa shape index (κ2) is 6.38. The fraction of sp³-hybridized carbons (Fsp3) is 0. The molecule has 0 unspecified atom stereocenters. The van der Waals surface area contributed by atoms with Gasteiger partial charge in [-0.1, -0.05) is 17.4 Å². The number of hydrogen-bond acceptors (Lipinski definition) is 5. The highest BCUT2D eigenvalue weighted by Gasteiger charge is 2.12. The lowest BCUT2D eigenvalue weighted by atomic mass is 10.2. The van der Waals surface area contributed by atoms with Crippen molar-refractivity contribution in [2.75, 3.05) is 5.32 Å². The zero-order valence-electron chi connectivity index (χ0n) is 12.4. The molecule has 0 radical (unpaired) electrons. The molecule has 3 aromatic heterocycles. The van der Waals surface area contributed by atoms with Crippen molar-refractivity contribution in [1.29, 1.82) is 0 Å². The van der Waals surface area contributed by atoms with Gasteiger partial charge in [-0.2, -0.15) is 0 Å². The fourth-order valence-corrected chi connectivity index (χ4v) is 3.77. The first kappa shape index (κ1) is 14.8. The van der Waals surface area contributed by atoms with Gasteiger partial charge in [-0.05, 0) is 47.8 Å². The second-order valence-electron chi connectivity index (χ2n) is 4.98. The SMILES string of the molecule is O=C(Nc1nnc(-c2cccs2)s1)c1ccc(-n2cccc2)cc1. The van der Waals surface area contributed by atoms with Crippen molar-refractivity contribution in [2.24, 2.45) is 0 Å². The Morgan fingerprint density at radius 3 is 2.50 bits per heavy atom. The summed E-state index contributed by atoms with van der Waals surface area (Å²) in [5.74, 6) is -0.192. The average molecular weight is 352 g/mol. The third-order valence-corrected chi connectivity index (χ3v) is 5.29. The minimum Gasteiger partial charge on any atom is -0.324 e. The van der Waals surface area contributed by atoms with Crippen LogP contribution in [0.15, 0.2) is 66.3 Å². The summed E-state index contributed by atoms with van der Waals surface area (Å²) in [6.45, 7) is 0. The first-order valence-corrected chi connectivity index (χ1v) is 8.91. The molecule has 0 aliphatic heterocycles. The molecule has 4 aromatic rings. The second-order valence-corrected chi connectivity index (χ2v) is 6.91. The van der Waals surface area contributed by atoms with Gasteiger partial charge in [0, 0.05) is 23.6 Å². The minimum atomic E-state index is -0.192. The molecule has 0 atom stereocenters. The molecule has 3 heterocycles. The highest BCUT2D eigenvalue weighted by Crippen LogP contribution is 2.29. The maximum atomic E-state index is 12.3. The van der Waals surface area contributed by atoms with Gasteiger partial charge in [0.05, 0.1) is 4.88 Å². The van der Waals surface area contributed by atoms with Crippen LogP contribution in [0.25, 0.3) is 15.6 Å². The molecule has 0 bridgehead atoms. The Morgan fingerprint density at radius 2 is 1.79 bits per heavy atom. The van der Waals surface area contributed by atoms with Crippen molar-refractivity contribution in [1.82, 2.24) is 14.8 Å². The lowest BCUT2D eigenvalue weighted by Gasteiger charge is -2.05. The number of carbonyl (C=O) groups excluding carboxylic acids is 1. The summed E-state index contributed by atoms with van der Waals surface area (Å²) in [6, 6.07) is 15.3. The van der Waals surface area contributed by atoms with Gasteiger partial charge in [-0.25, -0.2) is 0 Å². The van der Waals surface area contributed by atoms with Gasteiger partial charge in [0.1, 0.15) is 0 Å². The summed E-state index contributed by atoms with van der Waals surface area (Å²) in [5, 5.41) is 14.2. The van der Waals surface area contributed by atoms with Crippen molar-refractivity contribution < 1.29 is 4.79 Å². The van der Waals surface area contributed by atoms with E-state index in [9.17, 15) is 4.79 Å². The van der Waals surface area contributed by atoms with Crippen molar-refractivity contribution in [3.05, 3.63) is 71.9 Å². The third-order valence-electron chi connectivity index (χ3n) is 3.41. The first-order chi connectivity index (χ1) is 11.8. The van der Waals surface area contributed by atoms with Crippen LogP contribution in [-0.4, -0.2) is 20.7 Å². The molecule has 0 saturated heterocycles. The number of hydrogen-bond donors (Lipinski definition) is 1. The monoisotopic (exact) mass is 352 g/mol. The molecule has 4 rings (SSSR count). The Labute approximate surface area is 146 Å². The van der Waals surface area contributed by atoms with E-state index in [2.05, 4.69) is 15.5 Å². The van der Waals surface area contributed by atoms with Crippen molar-refractivity contribution in [2.45, 2.75) is 0 Å². The van der Waals surface area contributed by atoms with Gasteiger partial charge in [-0.15, -0.1) is 21.5 Å². The summed E-state index contributed by atoms with van der Waals surface area (Å²) in [7, 11) is 0. The molecule has 1 amide bonds. The van der Waals surface area contributed by atoms with E-state index in [4.69, 9.17) is 0 Å². The highest BCUT2D eigenvalue weighted by molar-refractivity contribution is 7.23. The van der Waals surface area contributed by atoms with E-state index in [1.165, 1.54) is 11.3 Å². The number of aromatic nitrogens is 3. The maximum Gasteiger partial charge on any atom is 0.257 e. The van der Waals surface area contributed by atoms with Gasteiger partial charge in [0.25, 0.3) is 5.91 Å². The quantitative estimate of drug-likeness (QED) is 0.595. The van der Waals surface area contributed by atoms with Crippen LogP contribution >= 0.6 is 22.7 Å². The van der Waals surface area contributed by atoms with E-state index in [-0.39, 0.29) is 5.91 Å². The van der Waals surface area contributed by atoms with Gasteiger partial charge in [0.2, 0.25) is 5.13 Å². The van der Waals surface area contributed by atoms with E-state index >= 15 is 0 Å². The molecule has 7 heteroatoms. The van der Waals surface area contributed by atoms with Crippen LogP contribution in [0.1, 0.15) is 10.4 Å². The standard InChI is InChI=1S/C17H12N4OS2/c22-15(12-5-7-13(8-6-12)21-9-1-2-10-21)18-17-20-19-16(24-17)14-4-3-11-23-14/h1-11H,(H,18,20,22). The number of nitrogens with one attached hydrogen (secondary N) is 1. The highest BCUT2D eigenvalue weighted by atomic mass is 32.1. The molecule has 1 N–H and O–H groups in total.